The van der Waals surface area contributed by atoms with Gasteiger partial charge in [0.15, 0.2) is 0 Å². The molecule has 3 rings (SSSR count). The van der Waals surface area contributed by atoms with E-state index in [1.54, 1.807) is 11.3 Å². The molecule has 2 aromatic heterocycles. The third-order valence-corrected chi connectivity index (χ3v) is 5.09. The molecule has 0 spiro atoms. The van der Waals surface area contributed by atoms with Crippen molar-refractivity contribution >= 4 is 11.3 Å². The standard InChI is InChI=1S/C16H20N4OS/c1-20-5-4-18-16(20)15(13-2-6-21-7-3-13)19-10-14-8-12(9-17)11-22-14/h4-5,8,11,13,15,19H,2-3,6-7,10H2,1H3. The fourth-order valence-corrected chi connectivity index (χ4v) is 3.70. The van der Waals surface area contributed by atoms with E-state index in [2.05, 4.69) is 20.9 Å². The maximum atomic E-state index is 8.93. The van der Waals surface area contributed by atoms with Crippen LogP contribution in [-0.4, -0.2) is 22.8 Å². The van der Waals surface area contributed by atoms with Crippen LogP contribution in [0.4, 0.5) is 0 Å². The highest BCUT2D eigenvalue weighted by molar-refractivity contribution is 7.10. The predicted molar refractivity (Wildman–Crippen MR) is 85.4 cm³/mol. The van der Waals surface area contributed by atoms with Crippen molar-refractivity contribution in [1.82, 2.24) is 14.9 Å². The molecule has 2 aromatic rings. The van der Waals surface area contributed by atoms with Gasteiger partial charge >= 0.3 is 0 Å². The Balaban J connectivity index is 1.73. The quantitative estimate of drug-likeness (QED) is 0.921. The van der Waals surface area contributed by atoms with Gasteiger partial charge in [0.05, 0.1) is 11.6 Å². The average Bonchev–Trinajstić information content (AvgIpc) is 3.18. The van der Waals surface area contributed by atoms with Crippen LogP contribution >= 0.6 is 11.3 Å². The van der Waals surface area contributed by atoms with E-state index < -0.39 is 0 Å². The molecule has 6 heteroatoms. The molecule has 1 saturated heterocycles. The lowest BCUT2D eigenvalue weighted by atomic mass is 9.91. The third-order valence-electron chi connectivity index (χ3n) is 4.15. The van der Waals surface area contributed by atoms with E-state index in [-0.39, 0.29) is 6.04 Å². The number of thiophene rings is 1. The number of rotatable bonds is 5. The van der Waals surface area contributed by atoms with Gasteiger partial charge in [-0.1, -0.05) is 0 Å². The lowest BCUT2D eigenvalue weighted by molar-refractivity contribution is 0.0518. The Labute approximate surface area is 134 Å². The molecule has 1 unspecified atom stereocenters. The van der Waals surface area contributed by atoms with Gasteiger partial charge in [0.2, 0.25) is 0 Å². The molecule has 5 nitrogen and oxygen atoms in total. The smallest absolute Gasteiger partial charge is 0.125 e. The second-order valence-electron chi connectivity index (χ2n) is 5.62. The Kier molecular flexibility index (Phi) is 4.88. The van der Waals surface area contributed by atoms with Crippen molar-refractivity contribution in [2.24, 2.45) is 13.0 Å². The minimum absolute atomic E-state index is 0.219. The van der Waals surface area contributed by atoms with Crippen molar-refractivity contribution in [2.45, 2.75) is 25.4 Å². The molecule has 1 fully saturated rings. The maximum absolute atomic E-state index is 8.93. The van der Waals surface area contributed by atoms with Crippen LogP contribution in [0.25, 0.3) is 0 Å². The zero-order chi connectivity index (χ0) is 15.4. The van der Waals surface area contributed by atoms with Gasteiger partial charge in [-0.15, -0.1) is 11.3 Å². The minimum Gasteiger partial charge on any atom is -0.381 e. The van der Waals surface area contributed by atoms with E-state index in [0.29, 0.717) is 5.92 Å². The molecule has 1 aliphatic heterocycles. The first kappa shape index (κ1) is 15.2. The summed E-state index contributed by atoms with van der Waals surface area (Å²) in [5.41, 5.74) is 0.737. The summed E-state index contributed by atoms with van der Waals surface area (Å²) in [5.74, 6) is 1.61. The highest BCUT2D eigenvalue weighted by Gasteiger charge is 2.27. The van der Waals surface area contributed by atoms with Crippen LogP contribution in [0.1, 0.15) is 35.1 Å². The lowest BCUT2D eigenvalue weighted by Gasteiger charge is -2.30. The molecule has 1 N–H and O–H groups in total. The molecule has 0 radical (unpaired) electrons. The van der Waals surface area contributed by atoms with E-state index in [1.807, 2.05) is 30.9 Å². The van der Waals surface area contributed by atoms with Gasteiger partial charge in [-0.2, -0.15) is 5.26 Å². The van der Waals surface area contributed by atoms with Crippen LogP contribution in [0.3, 0.4) is 0 Å². The summed E-state index contributed by atoms with van der Waals surface area (Å²) in [5, 5.41) is 14.5. The molecule has 116 valence electrons. The van der Waals surface area contributed by atoms with Gasteiger partial charge < -0.3 is 14.6 Å². The number of hydrogen-bond acceptors (Lipinski definition) is 5. The second-order valence-corrected chi connectivity index (χ2v) is 6.61. The molecular formula is C16H20N4OS. The summed E-state index contributed by atoms with van der Waals surface area (Å²) in [7, 11) is 2.04. The third kappa shape index (κ3) is 3.38. The topological polar surface area (TPSA) is 62.9 Å². The number of nitriles is 1. The first-order chi connectivity index (χ1) is 10.8. The summed E-state index contributed by atoms with van der Waals surface area (Å²) in [6.07, 6.45) is 5.95. The summed E-state index contributed by atoms with van der Waals surface area (Å²) >= 11 is 1.63. The van der Waals surface area contributed by atoms with Crippen molar-refractivity contribution < 1.29 is 4.74 Å². The Hall–Kier alpha value is -1.68. The first-order valence-electron chi connectivity index (χ1n) is 7.54. The zero-order valence-corrected chi connectivity index (χ0v) is 13.5. The van der Waals surface area contributed by atoms with E-state index in [0.717, 1.165) is 44.0 Å². The van der Waals surface area contributed by atoms with Crippen LogP contribution in [0, 0.1) is 17.2 Å². The van der Waals surface area contributed by atoms with E-state index in [1.165, 1.54) is 4.88 Å². The molecule has 0 aliphatic carbocycles. The van der Waals surface area contributed by atoms with Gasteiger partial charge in [0, 0.05) is 49.5 Å². The number of imidazole rings is 1. The van der Waals surface area contributed by atoms with Crippen molar-refractivity contribution in [3.63, 3.8) is 0 Å². The van der Waals surface area contributed by atoms with Gasteiger partial charge in [-0.25, -0.2) is 4.98 Å². The Bertz CT molecular complexity index is 651. The zero-order valence-electron chi connectivity index (χ0n) is 12.7. The highest BCUT2D eigenvalue weighted by Crippen LogP contribution is 2.29. The van der Waals surface area contributed by atoms with Crippen LogP contribution in [-0.2, 0) is 18.3 Å². The Morgan fingerprint density at radius 1 is 1.55 bits per heavy atom. The second kappa shape index (κ2) is 7.05. The monoisotopic (exact) mass is 316 g/mol. The largest absolute Gasteiger partial charge is 0.381 e. The first-order valence-corrected chi connectivity index (χ1v) is 8.41. The number of ether oxygens (including phenoxy) is 1. The SMILES string of the molecule is Cn1ccnc1C(NCc1cc(C#N)cs1)C1CCOCC1. The molecular weight excluding hydrogens is 296 g/mol. The molecule has 22 heavy (non-hydrogen) atoms. The molecule has 0 bridgehead atoms. The highest BCUT2D eigenvalue weighted by atomic mass is 32.1. The van der Waals surface area contributed by atoms with Crippen LogP contribution in [0.5, 0.6) is 0 Å². The van der Waals surface area contributed by atoms with Gasteiger partial charge in [0.25, 0.3) is 0 Å². The van der Waals surface area contributed by atoms with E-state index >= 15 is 0 Å². The summed E-state index contributed by atoms with van der Waals surface area (Å²) in [6.45, 7) is 2.41. The number of aromatic nitrogens is 2. The molecule has 1 atom stereocenters. The summed E-state index contributed by atoms with van der Waals surface area (Å²) in [6, 6.07) is 4.36. The van der Waals surface area contributed by atoms with Crippen LogP contribution < -0.4 is 5.32 Å². The van der Waals surface area contributed by atoms with Crippen molar-refractivity contribution in [3.8, 4) is 6.07 Å². The summed E-state index contributed by atoms with van der Waals surface area (Å²) in [4.78, 5) is 5.72. The average molecular weight is 316 g/mol. The fraction of sp³-hybridized carbons (Fsp3) is 0.500. The van der Waals surface area contributed by atoms with E-state index in [4.69, 9.17) is 10.00 Å². The van der Waals surface area contributed by atoms with Gasteiger partial charge in [0.1, 0.15) is 11.9 Å². The Morgan fingerprint density at radius 3 is 3.00 bits per heavy atom. The molecule has 0 saturated carbocycles. The van der Waals surface area contributed by atoms with Crippen molar-refractivity contribution in [1.29, 1.82) is 5.26 Å². The normalized spacial score (nSPS) is 17.3. The van der Waals surface area contributed by atoms with Crippen molar-refractivity contribution in [3.05, 3.63) is 40.1 Å². The molecule has 0 aromatic carbocycles. The predicted octanol–water partition coefficient (Wildman–Crippen LogP) is 2.61. The number of aryl methyl sites for hydroxylation is 1. The lowest BCUT2D eigenvalue weighted by Crippen LogP contribution is -2.33. The Morgan fingerprint density at radius 2 is 2.36 bits per heavy atom. The number of nitrogens with one attached hydrogen (secondary N) is 1. The maximum Gasteiger partial charge on any atom is 0.125 e. The summed E-state index contributed by atoms with van der Waals surface area (Å²) < 4.78 is 7.57. The molecule has 0 amide bonds. The van der Waals surface area contributed by atoms with Crippen LogP contribution in [0.2, 0.25) is 0 Å². The number of nitrogens with zero attached hydrogens (tertiary/aromatic N) is 3. The van der Waals surface area contributed by atoms with Crippen LogP contribution in [0.15, 0.2) is 23.8 Å². The van der Waals surface area contributed by atoms with Gasteiger partial charge in [-0.05, 0) is 24.8 Å². The minimum atomic E-state index is 0.219. The van der Waals surface area contributed by atoms with Crippen molar-refractivity contribution in [2.75, 3.05) is 13.2 Å². The fourth-order valence-electron chi connectivity index (χ4n) is 2.94. The molecule has 3 heterocycles. The molecule has 1 aliphatic rings. The number of hydrogen-bond donors (Lipinski definition) is 1. The van der Waals surface area contributed by atoms with E-state index in [9.17, 15) is 0 Å². The van der Waals surface area contributed by atoms with Gasteiger partial charge in [-0.3, -0.25) is 0 Å².